The minimum Gasteiger partial charge on any atom is -0.484 e. The number of aryl methyl sites for hydroxylation is 2. The summed E-state index contributed by atoms with van der Waals surface area (Å²) in [5.74, 6) is 0.182. The van der Waals surface area contributed by atoms with Gasteiger partial charge in [-0.1, -0.05) is 46.6 Å². The van der Waals surface area contributed by atoms with Crippen molar-refractivity contribution >= 4 is 39.3 Å². The Labute approximate surface area is 204 Å². The van der Waals surface area contributed by atoms with E-state index in [-0.39, 0.29) is 25.0 Å². The van der Waals surface area contributed by atoms with Gasteiger partial charge in [-0.15, -0.1) is 0 Å². The Kier molecular flexibility index (Phi) is 9.17. The fraction of sp³-hybridized carbons (Fsp3) is 0.440. The minimum absolute atomic E-state index is 0.159. The third-order valence-electron chi connectivity index (χ3n) is 4.92. The zero-order valence-electron chi connectivity index (χ0n) is 19.6. The van der Waals surface area contributed by atoms with Crippen molar-refractivity contribution in [2.75, 3.05) is 6.61 Å². The number of benzene rings is 2. The second-order valence-corrected chi connectivity index (χ2v) is 10.2. The van der Waals surface area contributed by atoms with Gasteiger partial charge in [-0.25, -0.2) is 0 Å². The summed E-state index contributed by atoms with van der Waals surface area (Å²) in [6, 6.07) is 10.4. The van der Waals surface area contributed by atoms with Crippen molar-refractivity contribution in [1.82, 2.24) is 10.2 Å². The van der Waals surface area contributed by atoms with Gasteiger partial charge in [0.2, 0.25) is 5.91 Å². The van der Waals surface area contributed by atoms with Gasteiger partial charge in [0.15, 0.2) is 6.61 Å². The highest BCUT2D eigenvalue weighted by Gasteiger charge is 2.31. The first kappa shape index (κ1) is 26.2. The smallest absolute Gasteiger partial charge is 0.261 e. The monoisotopic (exact) mass is 522 g/mol. The molecule has 0 bridgehead atoms. The SMILES string of the molecule is CCC(C(=O)NC(C)(C)C)N(Cc1ccc(Cl)cc1)C(=O)COc1cc(C)c(Br)c(C)c1. The lowest BCUT2D eigenvalue weighted by Gasteiger charge is -2.33. The molecule has 5 nitrogen and oxygen atoms in total. The zero-order valence-corrected chi connectivity index (χ0v) is 21.9. The molecule has 32 heavy (non-hydrogen) atoms. The summed E-state index contributed by atoms with van der Waals surface area (Å²) in [5, 5.41) is 3.61. The number of ether oxygens (including phenoxy) is 1. The predicted octanol–water partition coefficient (Wildman–Crippen LogP) is 5.82. The molecule has 2 amide bonds. The molecule has 0 spiro atoms. The molecule has 2 rings (SSSR count). The molecule has 1 atom stereocenters. The summed E-state index contributed by atoms with van der Waals surface area (Å²) in [6.07, 6.45) is 0.484. The Morgan fingerprint density at radius 1 is 1.12 bits per heavy atom. The molecule has 1 N–H and O–H groups in total. The van der Waals surface area contributed by atoms with E-state index in [4.69, 9.17) is 16.3 Å². The average molecular weight is 524 g/mol. The Bertz CT molecular complexity index is 932. The minimum atomic E-state index is -0.616. The van der Waals surface area contributed by atoms with Gasteiger partial charge in [0.05, 0.1) is 0 Å². The van der Waals surface area contributed by atoms with E-state index >= 15 is 0 Å². The highest BCUT2D eigenvalue weighted by molar-refractivity contribution is 9.10. The van der Waals surface area contributed by atoms with Crippen molar-refractivity contribution in [2.24, 2.45) is 0 Å². The molecule has 2 aromatic rings. The summed E-state index contributed by atoms with van der Waals surface area (Å²) in [6.45, 7) is 11.7. The van der Waals surface area contributed by atoms with Gasteiger partial charge < -0.3 is 15.0 Å². The van der Waals surface area contributed by atoms with E-state index < -0.39 is 11.6 Å². The van der Waals surface area contributed by atoms with Gasteiger partial charge in [0.1, 0.15) is 11.8 Å². The zero-order chi connectivity index (χ0) is 24.1. The Hall–Kier alpha value is -2.05. The van der Waals surface area contributed by atoms with Crippen LogP contribution in [0.25, 0.3) is 0 Å². The number of rotatable bonds is 8. The van der Waals surface area contributed by atoms with Gasteiger partial charge in [-0.2, -0.15) is 0 Å². The molecular weight excluding hydrogens is 492 g/mol. The van der Waals surface area contributed by atoms with Crippen LogP contribution in [0.2, 0.25) is 5.02 Å². The van der Waals surface area contributed by atoms with E-state index in [9.17, 15) is 9.59 Å². The molecule has 0 aliphatic rings. The topological polar surface area (TPSA) is 58.6 Å². The van der Waals surface area contributed by atoms with Gasteiger partial charge in [0, 0.05) is 21.6 Å². The van der Waals surface area contributed by atoms with Crippen LogP contribution in [-0.2, 0) is 16.1 Å². The number of amides is 2. The van der Waals surface area contributed by atoms with E-state index in [0.29, 0.717) is 17.2 Å². The van der Waals surface area contributed by atoms with Crippen LogP contribution >= 0.6 is 27.5 Å². The van der Waals surface area contributed by atoms with Crippen molar-refractivity contribution < 1.29 is 14.3 Å². The molecule has 174 valence electrons. The van der Waals surface area contributed by atoms with Crippen LogP contribution < -0.4 is 10.1 Å². The van der Waals surface area contributed by atoms with Crippen molar-refractivity contribution in [3.05, 3.63) is 62.6 Å². The number of carbonyl (C=O) groups is 2. The van der Waals surface area contributed by atoms with E-state index in [1.165, 1.54) is 0 Å². The summed E-state index contributed by atoms with van der Waals surface area (Å²) in [4.78, 5) is 27.9. The first-order valence-electron chi connectivity index (χ1n) is 10.7. The van der Waals surface area contributed by atoms with Gasteiger partial charge in [-0.05, 0) is 82.0 Å². The molecule has 1 unspecified atom stereocenters. The molecule has 0 fully saturated rings. The summed E-state index contributed by atoms with van der Waals surface area (Å²) in [5.41, 5.74) is 2.55. The van der Waals surface area contributed by atoms with E-state index in [0.717, 1.165) is 21.2 Å². The van der Waals surface area contributed by atoms with Crippen molar-refractivity contribution in [3.63, 3.8) is 0 Å². The maximum Gasteiger partial charge on any atom is 0.261 e. The van der Waals surface area contributed by atoms with Crippen LogP contribution in [0.15, 0.2) is 40.9 Å². The van der Waals surface area contributed by atoms with Crippen LogP contribution in [0, 0.1) is 13.8 Å². The van der Waals surface area contributed by atoms with E-state index in [1.54, 1.807) is 17.0 Å². The molecule has 0 saturated heterocycles. The number of nitrogens with one attached hydrogen (secondary N) is 1. The number of nitrogens with zero attached hydrogens (tertiary/aromatic N) is 1. The maximum atomic E-state index is 13.3. The summed E-state index contributed by atoms with van der Waals surface area (Å²) in [7, 11) is 0. The van der Waals surface area contributed by atoms with Crippen molar-refractivity contribution in [3.8, 4) is 5.75 Å². The molecule has 0 aromatic heterocycles. The second-order valence-electron chi connectivity index (χ2n) is 8.97. The van der Waals surface area contributed by atoms with Crippen molar-refractivity contribution in [2.45, 2.75) is 66.1 Å². The summed E-state index contributed by atoms with van der Waals surface area (Å²) >= 11 is 9.55. The Morgan fingerprint density at radius 2 is 1.69 bits per heavy atom. The number of carbonyl (C=O) groups excluding carboxylic acids is 2. The molecule has 0 aliphatic carbocycles. The van der Waals surface area contributed by atoms with Gasteiger partial charge in [0.25, 0.3) is 5.91 Å². The number of halogens is 2. The maximum absolute atomic E-state index is 13.3. The molecule has 0 saturated carbocycles. The van der Waals surface area contributed by atoms with Crippen LogP contribution in [0.4, 0.5) is 0 Å². The fourth-order valence-corrected chi connectivity index (χ4v) is 3.73. The quantitative estimate of drug-likeness (QED) is 0.474. The van der Waals surface area contributed by atoms with Crippen molar-refractivity contribution in [1.29, 1.82) is 0 Å². The normalized spacial score (nSPS) is 12.2. The van der Waals surface area contributed by atoms with Crippen LogP contribution in [0.1, 0.15) is 50.8 Å². The number of hydrogen-bond donors (Lipinski definition) is 1. The lowest BCUT2D eigenvalue weighted by Crippen LogP contribution is -2.54. The number of hydrogen-bond acceptors (Lipinski definition) is 3. The molecular formula is C25H32BrClN2O3. The third kappa shape index (κ3) is 7.52. The second kappa shape index (κ2) is 11.2. The summed E-state index contributed by atoms with van der Waals surface area (Å²) < 4.78 is 6.85. The molecule has 0 radical (unpaired) electrons. The Balaban J connectivity index is 2.26. The highest BCUT2D eigenvalue weighted by Crippen LogP contribution is 2.26. The standard InChI is InChI=1S/C25H32BrClN2O3/c1-7-21(24(31)28-25(4,5)6)29(14-18-8-10-19(27)11-9-18)22(30)15-32-20-12-16(2)23(26)17(3)13-20/h8-13,21H,7,14-15H2,1-6H3,(H,28,31). The van der Waals surface area contributed by atoms with E-state index in [2.05, 4.69) is 21.2 Å². The van der Waals surface area contributed by atoms with Crippen LogP contribution in [0.5, 0.6) is 5.75 Å². The van der Waals surface area contributed by atoms with E-state index in [1.807, 2.05) is 65.8 Å². The molecule has 0 aliphatic heterocycles. The van der Waals surface area contributed by atoms with Crippen LogP contribution in [-0.4, -0.2) is 34.9 Å². The fourth-order valence-electron chi connectivity index (χ4n) is 3.38. The largest absolute Gasteiger partial charge is 0.484 e. The first-order chi connectivity index (χ1) is 14.9. The van der Waals surface area contributed by atoms with Crippen LogP contribution in [0.3, 0.4) is 0 Å². The average Bonchev–Trinajstić information content (AvgIpc) is 2.70. The molecule has 2 aromatic carbocycles. The third-order valence-corrected chi connectivity index (χ3v) is 6.43. The van der Waals surface area contributed by atoms with Gasteiger partial charge >= 0.3 is 0 Å². The highest BCUT2D eigenvalue weighted by atomic mass is 79.9. The molecule has 0 heterocycles. The Morgan fingerprint density at radius 3 is 2.19 bits per heavy atom. The molecule has 7 heteroatoms. The van der Waals surface area contributed by atoms with Gasteiger partial charge in [-0.3, -0.25) is 9.59 Å². The lowest BCUT2D eigenvalue weighted by atomic mass is 10.1. The lowest BCUT2D eigenvalue weighted by molar-refractivity contribution is -0.143. The first-order valence-corrected chi connectivity index (χ1v) is 11.8. The predicted molar refractivity (Wildman–Crippen MR) is 133 cm³/mol.